The summed E-state index contributed by atoms with van der Waals surface area (Å²) in [6.07, 6.45) is 0. The summed E-state index contributed by atoms with van der Waals surface area (Å²) in [6, 6.07) is 16.7. The molecule has 1 fully saturated rings. The van der Waals surface area contributed by atoms with Gasteiger partial charge in [-0.15, -0.1) is 0 Å². The van der Waals surface area contributed by atoms with Gasteiger partial charge in [-0.2, -0.15) is 0 Å². The summed E-state index contributed by atoms with van der Waals surface area (Å²) >= 11 is 3.37. The van der Waals surface area contributed by atoms with Crippen molar-refractivity contribution in [2.75, 3.05) is 41.8 Å². The van der Waals surface area contributed by atoms with Crippen LogP contribution in [0.3, 0.4) is 0 Å². The van der Waals surface area contributed by atoms with Gasteiger partial charge in [0, 0.05) is 40.6 Å². The Hall–Kier alpha value is -2.97. The first-order valence-electron chi connectivity index (χ1n) is 9.69. The van der Waals surface area contributed by atoms with Crippen LogP contribution in [0.1, 0.15) is 16.2 Å². The number of aryl methyl sites for hydroxylation is 1. The average molecular weight is 468 g/mol. The zero-order chi connectivity index (χ0) is 20.9. The molecule has 2 heterocycles. The number of amides is 1. The van der Waals surface area contributed by atoms with Crippen molar-refractivity contribution in [1.82, 2.24) is 9.97 Å². The van der Waals surface area contributed by atoms with Crippen molar-refractivity contribution in [3.63, 3.8) is 0 Å². The van der Waals surface area contributed by atoms with Crippen molar-refractivity contribution in [2.24, 2.45) is 0 Å². The zero-order valence-electron chi connectivity index (χ0n) is 16.6. The second-order valence-corrected chi connectivity index (χ2v) is 7.84. The number of morpholine rings is 1. The molecule has 0 aliphatic carbocycles. The molecule has 3 aromatic rings. The van der Waals surface area contributed by atoms with E-state index < -0.39 is 0 Å². The van der Waals surface area contributed by atoms with Crippen LogP contribution in [-0.2, 0) is 4.74 Å². The molecule has 0 spiro atoms. The Labute approximate surface area is 183 Å². The maximum Gasteiger partial charge on any atom is 0.255 e. The van der Waals surface area contributed by atoms with E-state index in [4.69, 9.17) is 4.74 Å². The first-order valence-corrected chi connectivity index (χ1v) is 10.5. The Balaban J connectivity index is 1.42. The minimum atomic E-state index is -0.148. The summed E-state index contributed by atoms with van der Waals surface area (Å²) in [5, 5.41) is 6.22. The number of nitrogens with one attached hydrogen (secondary N) is 2. The number of halogens is 1. The molecule has 7 nitrogen and oxygen atoms in total. The first-order chi connectivity index (χ1) is 14.6. The van der Waals surface area contributed by atoms with Gasteiger partial charge in [-0.1, -0.05) is 15.9 Å². The van der Waals surface area contributed by atoms with Crippen LogP contribution in [-0.4, -0.2) is 42.2 Å². The lowest BCUT2D eigenvalue weighted by Crippen LogP contribution is -2.36. The van der Waals surface area contributed by atoms with E-state index in [2.05, 4.69) is 41.4 Å². The van der Waals surface area contributed by atoms with E-state index in [1.807, 2.05) is 49.4 Å². The van der Waals surface area contributed by atoms with E-state index in [-0.39, 0.29) is 5.91 Å². The highest BCUT2D eigenvalue weighted by Crippen LogP contribution is 2.22. The summed E-state index contributed by atoms with van der Waals surface area (Å²) in [5.74, 6) is 2.19. The highest BCUT2D eigenvalue weighted by Gasteiger charge is 2.14. The molecule has 2 aromatic carbocycles. The second kappa shape index (κ2) is 9.23. The smallest absolute Gasteiger partial charge is 0.255 e. The van der Waals surface area contributed by atoms with E-state index in [9.17, 15) is 4.79 Å². The lowest BCUT2D eigenvalue weighted by molar-refractivity contribution is 0.102. The highest BCUT2D eigenvalue weighted by molar-refractivity contribution is 9.10. The van der Waals surface area contributed by atoms with Crippen molar-refractivity contribution in [1.29, 1.82) is 0 Å². The molecule has 0 atom stereocenters. The van der Waals surface area contributed by atoms with E-state index in [1.54, 1.807) is 12.1 Å². The van der Waals surface area contributed by atoms with Crippen LogP contribution in [0.4, 0.5) is 23.0 Å². The molecule has 1 aromatic heterocycles. The fourth-order valence-corrected chi connectivity index (χ4v) is 3.42. The average Bonchev–Trinajstić information content (AvgIpc) is 2.76. The number of carbonyl (C=O) groups excluding carboxylic acids is 1. The SMILES string of the molecule is Cc1nc(Nc2ccc(NC(=O)c3ccc(Br)cc3)cc2)cc(N2CCOCC2)n1. The Bertz CT molecular complexity index is 1020. The lowest BCUT2D eigenvalue weighted by atomic mass is 10.2. The number of nitrogens with zero attached hydrogens (tertiary/aromatic N) is 3. The number of aromatic nitrogens is 2. The van der Waals surface area contributed by atoms with E-state index in [1.165, 1.54) is 0 Å². The van der Waals surface area contributed by atoms with Crippen molar-refractivity contribution in [3.05, 3.63) is 70.5 Å². The third-order valence-electron chi connectivity index (χ3n) is 4.68. The van der Waals surface area contributed by atoms with Crippen molar-refractivity contribution in [3.8, 4) is 0 Å². The fourth-order valence-electron chi connectivity index (χ4n) is 3.16. The van der Waals surface area contributed by atoms with Crippen LogP contribution in [0.2, 0.25) is 0 Å². The topological polar surface area (TPSA) is 79.4 Å². The monoisotopic (exact) mass is 467 g/mol. The maximum atomic E-state index is 12.4. The van der Waals surface area contributed by atoms with Gasteiger partial charge in [0.15, 0.2) is 0 Å². The largest absolute Gasteiger partial charge is 0.378 e. The van der Waals surface area contributed by atoms with Gasteiger partial charge in [0.25, 0.3) is 5.91 Å². The summed E-state index contributed by atoms with van der Waals surface area (Å²) in [6.45, 7) is 4.94. The van der Waals surface area contributed by atoms with Gasteiger partial charge in [0.05, 0.1) is 13.2 Å². The number of hydrogen-bond acceptors (Lipinski definition) is 6. The van der Waals surface area contributed by atoms with Crippen molar-refractivity contribution < 1.29 is 9.53 Å². The molecule has 1 aliphatic rings. The minimum Gasteiger partial charge on any atom is -0.378 e. The van der Waals surface area contributed by atoms with E-state index in [0.29, 0.717) is 24.6 Å². The molecule has 1 aliphatic heterocycles. The molecule has 0 unspecified atom stereocenters. The summed E-state index contributed by atoms with van der Waals surface area (Å²) in [5.41, 5.74) is 2.21. The summed E-state index contributed by atoms with van der Waals surface area (Å²) in [4.78, 5) is 23.6. The molecular weight excluding hydrogens is 446 g/mol. The molecule has 8 heteroatoms. The molecular formula is C22H22BrN5O2. The standard InChI is InChI=1S/C22H22BrN5O2/c1-15-24-20(14-21(25-15)28-10-12-30-13-11-28)26-18-6-8-19(9-7-18)27-22(29)16-2-4-17(23)5-3-16/h2-9,14H,10-13H2,1H3,(H,27,29)(H,24,25,26). The van der Waals surface area contributed by atoms with Gasteiger partial charge >= 0.3 is 0 Å². The number of hydrogen-bond donors (Lipinski definition) is 2. The lowest BCUT2D eigenvalue weighted by Gasteiger charge is -2.28. The predicted octanol–water partition coefficient (Wildman–Crippen LogP) is 4.38. The third kappa shape index (κ3) is 5.14. The number of ether oxygens (including phenoxy) is 1. The molecule has 2 N–H and O–H groups in total. The number of rotatable bonds is 5. The number of carbonyl (C=O) groups is 1. The third-order valence-corrected chi connectivity index (χ3v) is 5.21. The Morgan fingerprint density at radius 3 is 2.37 bits per heavy atom. The van der Waals surface area contributed by atoms with Crippen LogP contribution in [0.25, 0.3) is 0 Å². The normalized spacial score (nSPS) is 13.7. The van der Waals surface area contributed by atoms with E-state index in [0.717, 1.165) is 40.6 Å². The van der Waals surface area contributed by atoms with Crippen LogP contribution in [0, 0.1) is 6.92 Å². The van der Waals surface area contributed by atoms with Gasteiger partial charge in [0.1, 0.15) is 17.5 Å². The molecule has 1 amide bonds. The maximum absolute atomic E-state index is 12.4. The van der Waals surface area contributed by atoms with Crippen LogP contribution < -0.4 is 15.5 Å². The van der Waals surface area contributed by atoms with Gasteiger partial charge < -0.3 is 20.3 Å². The van der Waals surface area contributed by atoms with E-state index >= 15 is 0 Å². The fraction of sp³-hybridized carbons (Fsp3) is 0.227. The van der Waals surface area contributed by atoms with Crippen LogP contribution in [0.15, 0.2) is 59.1 Å². The van der Waals surface area contributed by atoms with Gasteiger partial charge in [-0.25, -0.2) is 9.97 Å². The molecule has 0 radical (unpaired) electrons. The minimum absolute atomic E-state index is 0.148. The van der Waals surface area contributed by atoms with Gasteiger partial charge in [-0.05, 0) is 55.5 Å². The first kappa shape index (κ1) is 20.3. The Morgan fingerprint density at radius 2 is 1.67 bits per heavy atom. The van der Waals surface area contributed by atoms with Gasteiger partial charge in [-0.3, -0.25) is 4.79 Å². The quantitative estimate of drug-likeness (QED) is 0.579. The van der Waals surface area contributed by atoms with Gasteiger partial charge in [0.2, 0.25) is 0 Å². The highest BCUT2D eigenvalue weighted by atomic mass is 79.9. The number of anilines is 4. The number of benzene rings is 2. The van der Waals surface area contributed by atoms with Crippen LogP contribution >= 0.6 is 15.9 Å². The molecule has 154 valence electrons. The molecule has 4 rings (SSSR count). The molecule has 1 saturated heterocycles. The van der Waals surface area contributed by atoms with Crippen molar-refractivity contribution in [2.45, 2.75) is 6.92 Å². The predicted molar refractivity (Wildman–Crippen MR) is 122 cm³/mol. The summed E-state index contributed by atoms with van der Waals surface area (Å²) in [7, 11) is 0. The Morgan fingerprint density at radius 1 is 1.00 bits per heavy atom. The Kier molecular flexibility index (Phi) is 6.25. The van der Waals surface area contributed by atoms with Crippen LogP contribution in [0.5, 0.6) is 0 Å². The second-order valence-electron chi connectivity index (χ2n) is 6.92. The molecule has 0 bridgehead atoms. The zero-order valence-corrected chi connectivity index (χ0v) is 18.1. The molecule has 0 saturated carbocycles. The summed E-state index contributed by atoms with van der Waals surface area (Å²) < 4.78 is 6.35. The van der Waals surface area contributed by atoms with Crippen molar-refractivity contribution >= 4 is 44.8 Å². The molecule has 30 heavy (non-hydrogen) atoms.